The molecule has 0 aromatic carbocycles. The largest absolute Gasteiger partial charge is 0.315 e. The molecule has 98 valence electrons. The first kappa shape index (κ1) is 16.6. The molecule has 0 spiro atoms. The number of aromatic nitrogens is 2. The van der Waals surface area contributed by atoms with E-state index in [2.05, 4.69) is 27.2 Å². The molecule has 0 amide bonds. The lowest BCUT2D eigenvalue weighted by molar-refractivity contribution is 0.246. The van der Waals surface area contributed by atoms with Gasteiger partial charge in [0.1, 0.15) is 0 Å². The van der Waals surface area contributed by atoms with E-state index in [1.807, 2.05) is 19.3 Å². The highest BCUT2D eigenvalue weighted by Gasteiger charge is 2.19. The summed E-state index contributed by atoms with van der Waals surface area (Å²) in [6.07, 6.45) is 4.93. The molecule has 1 atom stereocenters. The predicted molar refractivity (Wildman–Crippen MR) is 74.0 cm³/mol. The van der Waals surface area contributed by atoms with Gasteiger partial charge in [-0.05, 0) is 26.9 Å². The van der Waals surface area contributed by atoms with Gasteiger partial charge >= 0.3 is 0 Å². The van der Waals surface area contributed by atoms with Crippen molar-refractivity contribution in [3.63, 3.8) is 0 Å². The van der Waals surface area contributed by atoms with Crippen LogP contribution in [-0.4, -0.2) is 41.0 Å². The molecule has 1 aromatic heterocycles. The zero-order valence-electron chi connectivity index (χ0n) is 10.2. The maximum Gasteiger partial charge on any atom is 0.0727 e. The molecule has 0 bridgehead atoms. The van der Waals surface area contributed by atoms with Crippen LogP contribution < -0.4 is 5.32 Å². The van der Waals surface area contributed by atoms with Crippen molar-refractivity contribution in [2.45, 2.75) is 25.9 Å². The quantitative estimate of drug-likeness (QED) is 0.908. The fourth-order valence-electron chi connectivity index (χ4n) is 1.90. The van der Waals surface area contributed by atoms with E-state index in [0.717, 1.165) is 31.0 Å². The van der Waals surface area contributed by atoms with Gasteiger partial charge in [0.05, 0.1) is 11.4 Å². The SMILES string of the molecule is Cc1cnc(CN(C)C2CCNC2)cn1.Cl.Cl. The zero-order chi connectivity index (χ0) is 10.7. The number of hydrogen-bond donors (Lipinski definition) is 1. The topological polar surface area (TPSA) is 41.1 Å². The first-order chi connectivity index (χ1) is 7.25. The fraction of sp³-hybridized carbons (Fsp3) is 0.636. The number of likely N-dealkylation sites (N-methyl/N-ethyl adjacent to an activating group) is 1. The van der Waals surface area contributed by atoms with E-state index in [9.17, 15) is 0 Å². The minimum Gasteiger partial charge on any atom is -0.315 e. The summed E-state index contributed by atoms with van der Waals surface area (Å²) in [6.45, 7) is 5.07. The summed E-state index contributed by atoms with van der Waals surface area (Å²) in [5, 5.41) is 3.37. The summed E-state index contributed by atoms with van der Waals surface area (Å²) in [5.74, 6) is 0. The van der Waals surface area contributed by atoms with Gasteiger partial charge < -0.3 is 5.32 Å². The summed E-state index contributed by atoms with van der Waals surface area (Å²) in [4.78, 5) is 11.0. The van der Waals surface area contributed by atoms with Crippen LogP contribution in [0.3, 0.4) is 0 Å². The molecule has 2 rings (SSSR count). The van der Waals surface area contributed by atoms with Crippen molar-refractivity contribution < 1.29 is 0 Å². The standard InChI is InChI=1S/C11H18N4.2ClH/c1-9-5-14-10(6-13-9)8-15(2)11-3-4-12-7-11;;/h5-6,11-12H,3-4,7-8H2,1-2H3;2*1H. The van der Waals surface area contributed by atoms with Crippen LogP contribution in [0.1, 0.15) is 17.8 Å². The van der Waals surface area contributed by atoms with Gasteiger partial charge in [0.2, 0.25) is 0 Å². The van der Waals surface area contributed by atoms with Crippen molar-refractivity contribution in [2.24, 2.45) is 0 Å². The molecular weight excluding hydrogens is 259 g/mol. The second kappa shape index (κ2) is 7.82. The summed E-state index contributed by atoms with van der Waals surface area (Å²) >= 11 is 0. The van der Waals surface area contributed by atoms with E-state index in [1.54, 1.807) is 0 Å². The normalized spacial score (nSPS) is 18.6. The molecule has 0 saturated carbocycles. The first-order valence-electron chi connectivity index (χ1n) is 5.44. The molecule has 0 radical (unpaired) electrons. The van der Waals surface area contributed by atoms with Crippen molar-refractivity contribution in [2.75, 3.05) is 20.1 Å². The number of rotatable bonds is 3. The van der Waals surface area contributed by atoms with Crippen molar-refractivity contribution in [3.8, 4) is 0 Å². The van der Waals surface area contributed by atoms with Gasteiger partial charge in [-0.15, -0.1) is 24.8 Å². The molecule has 0 aliphatic carbocycles. The highest BCUT2D eigenvalue weighted by Crippen LogP contribution is 2.09. The molecule has 6 heteroatoms. The third-order valence-corrected chi connectivity index (χ3v) is 2.90. The highest BCUT2D eigenvalue weighted by atomic mass is 35.5. The molecule has 4 nitrogen and oxygen atoms in total. The maximum absolute atomic E-state index is 4.37. The number of aryl methyl sites for hydroxylation is 1. The second-order valence-electron chi connectivity index (χ2n) is 4.21. The molecule has 17 heavy (non-hydrogen) atoms. The van der Waals surface area contributed by atoms with E-state index < -0.39 is 0 Å². The lowest BCUT2D eigenvalue weighted by Gasteiger charge is -2.22. The van der Waals surface area contributed by atoms with Crippen LogP contribution in [0.2, 0.25) is 0 Å². The third-order valence-electron chi connectivity index (χ3n) is 2.90. The molecule has 1 aliphatic heterocycles. The summed E-state index contributed by atoms with van der Waals surface area (Å²) in [5.41, 5.74) is 2.03. The Kier molecular flexibility index (Phi) is 7.63. The average Bonchev–Trinajstić information content (AvgIpc) is 2.74. The van der Waals surface area contributed by atoms with Crippen LogP contribution >= 0.6 is 24.8 Å². The van der Waals surface area contributed by atoms with Gasteiger partial charge in [0.15, 0.2) is 0 Å². The van der Waals surface area contributed by atoms with E-state index in [1.165, 1.54) is 6.42 Å². The third kappa shape index (κ3) is 4.76. The van der Waals surface area contributed by atoms with Gasteiger partial charge in [-0.1, -0.05) is 0 Å². The smallest absolute Gasteiger partial charge is 0.0727 e. The van der Waals surface area contributed by atoms with Gasteiger partial charge in [-0.3, -0.25) is 14.9 Å². The van der Waals surface area contributed by atoms with Crippen LogP contribution in [0.5, 0.6) is 0 Å². The summed E-state index contributed by atoms with van der Waals surface area (Å²) < 4.78 is 0. The Morgan fingerprint density at radius 1 is 1.35 bits per heavy atom. The minimum atomic E-state index is 0. The van der Waals surface area contributed by atoms with Crippen LogP contribution in [0.15, 0.2) is 12.4 Å². The fourth-order valence-corrected chi connectivity index (χ4v) is 1.90. The van der Waals surface area contributed by atoms with Crippen LogP contribution in [0.4, 0.5) is 0 Å². The zero-order valence-corrected chi connectivity index (χ0v) is 11.9. The van der Waals surface area contributed by atoms with Crippen LogP contribution in [0.25, 0.3) is 0 Å². The number of nitrogens with zero attached hydrogens (tertiary/aromatic N) is 3. The van der Waals surface area contributed by atoms with Gasteiger partial charge in [0.25, 0.3) is 0 Å². The minimum absolute atomic E-state index is 0. The Morgan fingerprint density at radius 2 is 2.12 bits per heavy atom. The molecule has 1 saturated heterocycles. The summed E-state index contributed by atoms with van der Waals surface area (Å²) in [7, 11) is 2.15. The molecule has 1 aromatic rings. The van der Waals surface area contributed by atoms with E-state index >= 15 is 0 Å². The lowest BCUT2D eigenvalue weighted by Crippen LogP contribution is -2.33. The van der Waals surface area contributed by atoms with Crippen molar-refractivity contribution >= 4 is 24.8 Å². The molecule has 1 fully saturated rings. The number of nitrogens with one attached hydrogen (secondary N) is 1. The first-order valence-corrected chi connectivity index (χ1v) is 5.44. The number of hydrogen-bond acceptors (Lipinski definition) is 4. The highest BCUT2D eigenvalue weighted by molar-refractivity contribution is 5.85. The molecule has 1 N–H and O–H groups in total. The Bertz CT molecular complexity index is 312. The Labute approximate surface area is 115 Å². The van der Waals surface area contributed by atoms with Gasteiger partial charge in [-0.2, -0.15) is 0 Å². The van der Waals surface area contributed by atoms with Crippen LogP contribution in [0, 0.1) is 6.92 Å². The van der Waals surface area contributed by atoms with Gasteiger partial charge in [0, 0.05) is 31.5 Å². The van der Waals surface area contributed by atoms with E-state index in [-0.39, 0.29) is 24.8 Å². The van der Waals surface area contributed by atoms with Crippen molar-refractivity contribution in [3.05, 3.63) is 23.8 Å². The molecule has 1 aliphatic rings. The second-order valence-corrected chi connectivity index (χ2v) is 4.21. The van der Waals surface area contributed by atoms with Crippen molar-refractivity contribution in [1.29, 1.82) is 0 Å². The van der Waals surface area contributed by atoms with Crippen LogP contribution in [-0.2, 0) is 6.54 Å². The Hall–Kier alpha value is -0.420. The molecule has 1 unspecified atom stereocenters. The maximum atomic E-state index is 4.37. The van der Waals surface area contributed by atoms with Crippen molar-refractivity contribution in [1.82, 2.24) is 20.2 Å². The number of halogens is 2. The average molecular weight is 279 g/mol. The monoisotopic (exact) mass is 278 g/mol. The Balaban J connectivity index is 0.00000128. The van der Waals surface area contributed by atoms with E-state index in [4.69, 9.17) is 0 Å². The molecule has 2 heterocycles. The lowest BCUT2D eigenvalue weighted by atomic mass is 10.2. The summed E-state index contributed by atoms with van der Waals surface area (Å²) in [6, 6.07) is 0.646. The molecular formula is C11H20Cl2N4. The van der Waals surface area contributed by atoms with Gasteiger partial charge in [-0.25, -0.2) is 0 Å². The van der Waals surface area contributed by atoms with E-state index in [0.29, 0.717) is 6.04 Å². The predicted octanol–water partition coefficient (Wildman–Crippen LogP) is 1.42. The Morgan fingerprint density at radius 3 is 2.65 bits per heavy atom.